The first-order valence-corrected chi connectivity index (χ1v) is 9.58. The van der Waals surface area contributed by atoms with E-state index < -0.39 is 0 Å². The molecule has 7 nitrogen and oxygen atoms in total. The number of nitrogens with zero attached hydrogens (tertiary/aromatic N) is 3. The maximum Gasteiger partial charge on any atom is 0.261 e. The molecule has 3 amide bonds. The summed E-state index contributed by atoms with van der Waals surface area (Å²) in [5.41, 5.74) is 0.834. The summed E-state index contributed by atoms with van der Waals surface area (Å²) in [4.78, 5) is 37.7. The number of aromatic nitrogens is 2. The van der Waals surface area contributed by atoms with Crippen LogP contribution in [0.4, 0.5) is 5.13 Å². The van der Waals surface area contributed by atoms with Gasteiger partial charge in [0.05, 0.1) is 11.1 Å². The van der Waals surface area contributed by atoms with Crippen molar-refractivity contribution in [3.05, 3.63) is 40.4 Å². The van der Waals surface area contributed by atoms with Crippen LogP contribution in [-0.2, 0) is 11.2 Å². The van der Waals surface area contributed by atoms with Crippen molar-refractivity contribution < 1.29 is 14.4 Å². The predicted octanol–water partition coefficient (Wildman–Crippen LogP) is 2.72. The molecule has 0 aliphatic carbocycles. The number of aryl methyl sites for hydroxylation is 1. The lowest BCUT2D eigenvalue weighted by Gasteiger charge is -2.13. The van der Waals surface area contributed by atoms with Crippen LogP contribution >= 0.6 is 22.9 Å². The number of rotatable bonds is 8. The number of hydrogen-bond acceptors (Lipinski definition) is 6. The SMILES string of the molecule is O=C(CCCN1C(=O)c2ccccc2C1=O)Nc1nnc(CCCCl)s1. The molecule has 1 aromatic carbocycles. The first kappa shape index (κ1) is 18.5. The van der Waals surface area contributed by atoms with E-state index in [1.54, 1.807) is 24.3 Å². The van der Waals surface area contributed by atoms with Crippen LogP contribution < -0.4 is 5.32 Å². The fraction of sp³-hybridized carbons (Fsp3) is 0.353. The van der Waals surface area contributed by atoms with Gasteiger partial charge in [-0.25, -0.2) is 0 Å². The standard InChI is InChI=1S/C17H17ClN4O3S/c18-9-3-8-14-20-21-17(26-14)19-13(23)7-4-10-22-15(24)11-5-1-2-6-12(11)16(22)25/h1-2,5-6H,3-4,7-10H2,(H,19,21,23). The number of hydrogen-bond donors (Lipinski definition) is 1. The molecule has 1 aromatic heterocycles. The quantitative estimate of drug-likeness (QED) is 0.550. The second-order valence-corrected chi connectivity index (χ2v) is 7.19. The zero-order chi connectivity index (χ0) is 18.5. The van der Waals surface area contributed by atoms with E-state index in [1.807, 2.05) is 0 Å². The van der Waals surface area contributed by atoms with E-state index in [1.165, 1.54) is 16.2 Å². The maximum absolute atomic E-state index is 12.2. The minimum atomic E-state index is -0.306. The Kier molecular flexibility index (Phi) is 5.95. The molecule has 2 heterocycles. The number of halogens is 1. The molecule has 0 radical (unpaired) electrons. The molecular weight excluding hydrogens is 376 g/mol. The van der Waals surface area contributed by atoms with E-state index in [9.17, 15) is 14.4 Å². The van der Waals surface area contributed by atoms with Gasteiger partial charge in [-0.2, -0.15) is 0 Å². The molecular formula is C17H17ClN4O3S. The molecule has 2 aromatic rings. The van der Waals surface area contributed by atoms with Gasteiger partial charge in [-0.3, -0.25) is 19.3 Å². The largest absolute Gasteiger partial charge is 0.301 e. The molecule has 0 spiro atoms. The minimum absolute atomic E-state index is 0.185. The van der Waals surface area contributed by atoms with Crippen LogP contribution in [0.2, 0.25) is 0 Å². The summed E-state index contributed by atoms with van der Waals surface area (Å²) in [6.45, 7) is 0.205. The van der Waals surface area contributed by atoms with Crippen molar-refractivity contribution >= 4 is 45.8 Å². The third kappa shape index (κ3) is 4.08. The first-order chi connectivity index (χ1) is 12.6. The van der Waals surface area contributed by atoms with Gasteiger partial charge in [-0.15, -0.1) is 21.8 Å². The Morgan fingerprint density at radius 1 is 1.12 bits per heavy atom. The number of amides is 3. The molecule has 26 heavy (non-hydrogen) atoms. The van der Waals surface area contributed by atoms with Gasteiger partial charge in [0.1, 0.15) is 5.01 Å². The number of carbonyl (C=O) groups is 3. The number of fused-ring (bicyclic) bond motifs is 1. The number of imide groups is 1. The molecule has 136 valence electrons. The lowest BCUT2D eigenvalue weighted by atomic mass is 10.1. The predicted molar refractivity (Wildman–Crippen MR) is 98.6 cm³/mol. The molecule has 0 fully saturated rings. The van der Waals surface area contributed by atoms with Crippen LogP contribution in [0.3, 0.4) is 0 Å². The number of benzene rings is 1. The molecule has 0 unspecified atom stereocenters. The second-order valence-electron chi connectivity index (χ2n) is 5.75. The van der Waals surface area contributed by atoms with E-state index in [2.05, 4.69) is 15.5 Å². The summed E-state index contributed by atoms with van der Waals surface area (Å²) >= 11 is 6.96. The topological polar surface area (TPSA) is 92.3 Å². The van der Waals surface area contributed by atoms with Gasteiger partial charge in [-0.05, 0) is 25.0 Å². The second kappa shape index (κ2) is 8.37. The smallest absolute Gasteiger partial charge is 0.261 e. The Morgan fingerprint density at radius 3 is 2.46 bits per heavy atom. The molecule has 1 aliphatic heterocycles. The van der Waals surface area contributed by atoms with Crippen LogP contribution in [0.5, 0.6) is 0 Å². The van der Waals surface area contributed by atoms with Crippen molar-refractivity contribution in [2.75, 3.05) is 17.7 Å². The van der Waals surface area contributed by atoms with Crippen LogP contribution in [-0.4, -0.2) is 45.2 Å². The van der Waals surface area contributed by atoms with Crippen molar-refractivity contribution in [1.82, 2.24) is 15.1 Å². The van der Waals surface area contributed by atoms with Gasteiger partial charge in [0.15, 0.2) is 0 Å². The summed E-state index contributed by atoms with van der Waals surface area (Å²) in [7, 11) is 0. The van der Waals surface area contributed by atoms with Crippen LogP contribution in [0, 0.1) is 0 Å². The Hall–Kier alpha value is -2.32. The third-order valence-corrected chi connectivity index (χ3v) is 5.07. The van der Waals surface area contributed by atoms with Crippen molar-refractivity contribution in [2.45, 2.75) is 25.7 Å². The highest BCUT2D eigenvalue weighted by Crippen LogP contribution is 2.23. The van der Waals surface area contributed by atoms with Crippen molar-refractivity contribution in [3.63, 3.8) is 0 Å². The molecule has 0 saturated carbocycles. The average Bonchev–Trinajstić information content (AvgIpc) is 3.18. The van der Waals surface area contributed by atoms with E-state index in [4.69, 9.17) is 11.6 Å². The third-order valence-electron chi connectivity index (χ3n) is 3.90. The maximum atomic E-state index is 12.2. The van der Waals surface area contributed by atoms with Gasteiger partial charge < -0.3 is 5.32 Å². The van der Waals surface area contributed by atoms with E-state index in [0.717, 1.165) is 17.8 Å². The van der Waals surface area contributed by atoms with Gasteiger partial charge in [0, 0.05) is 25.3 Å². The molecule has 0 saturated heterocycles. The van der Waals surface area contributed by atoms with Crippen LogP contribution in [0.1, 0.15) is 45.0 Å². The summed E-state index contributed by atoms with van der Waals surface area (Å²) in [5, 5.41) is 11.9. The van der Waals surface area contributed by atoms with E-state index in [-0.39, 0.29) is 30.7 Å². The number of anilines is 1. The van der Waals surface area contributed by atoms with Gasteiger partial charge in [-0.1, -0.05) is 23.5 Å². The Morgan fingerprint density at radius 2 is 1.81 bits per heavy atom. The van der Waals surface area contributed by atoms with Crippen molar-refractivity contribution in [1.29, 1.82) is 0 Å². The molecule has 1 N–H and O–H groups in total. The lowest BCUT2D eigenvalue weighted by Crippen LogP contribution is -2.31. The van der Waals surface area contributed by atoms with E-state index in [0.29, 0.717) is 28.6 Å². The highest BCUT2D eigenvalue weighted by Gasteiger charge is 2.34. The van der Waals surface area contributed by atoms with Crippen molar-refractivity contribution in [2.24, 2.45) is 0 Å². The average molecular weight is 393 g/mol. The molecule has 3 rings (SSSR count). The lowest BCUT2D eigenvalue weighted by molar-refractivity contribution is -0.116. The summed E-state index contributed by atoms with van der Waals surface area (Å²) in [6.07, 6.45) is 2.11. The molecule has 9 heteroatoms. The van der Waals surface area contributed by atoms with Crippen LogP contribution in [0.25, 0.3) is 0 Å². The molecule has 1 aliphatic rings. The Balaban J connectivity index is 1.46. The zero-order valence-corrected chi connectivity index (χ0v) is 15.5. The zero-order valence-electron chi connectivity index (χ0n) is 13.9. The minimum Gasteiger partial charge on any atom is -0.301 e. The normalized spacial score (nSPS) is 13.2. The fourth-order valence-electron chi connectivity index (χ4n) is 2.64. The fourth-order valence-corrected chi connectivity index (χ4v) is 3.58. The first-order valence-electron chi connectivity index (χ1n) is 8.23. The Labute approximate surface area is 159 Å². The van der Waals surface area contributed by atoms with Crippen molar-refractivity contribution in [3.8, 4) is 0 Å². The summed E-state index contributed by atoms with van der Waals surface area (Å²) in [6, 6.07) is 6.73. The monoisotopic (exact) mass is 392 g/mol. The van der Waals surface area contributed by atoms with Gasteiger partial charge in [0.25, 0.3) is 11.8 Å². The number of nitrogens with one attached hydrogen (secondary N) is 1. The highest BCUT2D eigenvalue weighted by molar-refractivity contribution is 7.15. The summed E-state index contributed by atoms with van der Waals surface area (Å²) < 4.78 is 0. The Bertz CT molecular complexity index is 804. The summed E-state index contributed by atoms with van der Waals surface area (Å²) in [5.74, 6) is -0.279. The molecule has 0 bridgehead atoms. The number of carbonyl (C=O) groups excluding carboxylic acids is 3. The highest BCUT2D eigenvalue weighted by atomic mass is 35.5. The van der Waals surface area contributed by atoms with Gasteiger partial charge in [0.2, 0.25) is 11.0 Å². The van der Waals surface area contributed by atoms with Gasteiger partial charge >= 0.3 is 0 Å². The van der Waals surface area contributed by atoms with E-state index >= 15 is 0 Å². The number of alkyl halides is 1. The molecule has 0 atom stereocenters. The van der Waals surface area contributed by atoms with Crippen LogP contribution in [0.15, 0.2) is 24.3 Å².